The van der Waals surface area contributed by atoms with Crippen molar-refractivity contribution >= 4 is 11.7 Å². The van der Waals surface area contributed by atoms with E-state index >= 15 is 0 Å². The van der Waals surface area contributed by atoms with Crippen LogP contribution in [0.1, 0.15) is 22.8 Å². The summed E-state index contributed by atoms with van der Waals surface area (Å²) < 4.78 is 9.94. The molecule has 0 aromatic heterocycles. The molecule has 4 heteroatoms. The van der Waals surface area contributed by atoms with Gasteiger partial charge in [0.25, 0.3) is 0 Å². The van der Waals surface area contributed by atoms with Crippen molar-refractivity contribution in [3.63, 3.8) is 0 Å². The molecule has 0 saturated heterocycles. The summed E-state index contributed by atoms with van der Waals surface area (Å²) in [6, 6.07) is 4.00. The highest BCUT2D eigenvalue weighted by Crippen LogP contribution is 2.33. The molecule has 2 rings (SSSR count). The second-order valence-electron chi connectivity index (χ2n) is 3.95. The van der Waals surface area contributed by atoms with Crippen molar-refractivity contribution in [1.29, 1.82) is 0 Å². The van der Waals surface area contributed by atoms with Crippen LogP contribution in [0.15, 0.2) is 12.1 Å². The molecule has 1 aliphatic rings. The number of carbonyl (C=O) groups excluding carboxylic acids is 1. The van der Waals surface area contributed by atoms with Crippen LogP contribution >= 0.6 is 0 Å². The lowest BCUT2D eigenvalue weighted by molar-refractivity contribution is 0.0601. The van der Waals surface area contributed by atoms with Gasteiger partial charge in [0.05, 0.1) is 25.5 Å². The Labute approximate surface area is 94.6 Å². The molecule has 1 atom stereocenters. The molecule has 4 nitrogen and oxygen atoms in total. The van der Waals surface area contributed by atoms with Crippen molar-refractivity contribution in [2.45, 2.75) is 19.4 Å². The van der Waals surface area contributed by atoms with E-state index in [1.165, 1.54) is 7.11 Å². The van der Waals surface area contributed by atoms with Crippen LogP contribution in [0.3, 0.4) is 0 Å². The van der Waals surface area contributed by atoms with Gasteiger partial charge in [0.2, 0.25) is 0 Å². The third kappa shape index (κ3) is 1.71. The number of nitrogens with one attached hydrogen (secondary N) is 1. The van der Waals surface area contributed by atoms with Gasteiger partial charge in [-0.05, 0) is 31.0 Å². The van der Waals surface area contributed by atoms with Crippen molar-refractivity contribution in [2.75, 3.05) is 19.5 Å². The van der Waals surface area contributed by atoms with Crippen LogP contribution in [0, 0.1) is 0 Å². The number of fused-ring (bicyclic) bond motifs is 1. The maximum atomic E-state index is 11.6. The zero-order valence-corrected chi connectivity index (χ0v) is 9.66. The molecule has 0 saturated carbocycles. The van der Waals surface area contributed by atoms with Crippen LogP contribution in [0.5, 0.6) is 5.75 Å². The maximum Gasteiger partial charge on any atom is 0.340 e. The molecule has 0 radical (unpaired) electrons. The van der Waals surface area contributed by atoms with Crippen molar-refractivity contribution in [2.24, 2.45) is 0 Å². The number of hydrogen-bond acceptors (Lipinski definition) is 4. The average molecular weight is 221 g/mol. The van der Waals surface area contributed by atoms with Crippen LogP contribution < -0.4 is 10.1 Å². The number of ether oxygens (including phenoxy) is 2. The van der Waals surface area contributed by atoms with Crippen molar-refractivity contribution in [3.05, 3.63) is 23.3 Å². The molecule has 1 aliphatic heterocycles. The minimum Gasteiger partial charge on any atom is -0.497 e. The van der Waals surface area contributed by atoms with Gasteiger partial charge in [-0.1, -0.05) is 0 Å². The highest BCUT2D eigenvalue weighted by molar-refractivity contribution is 5.97. The first kappa shape index (κ1) is 10.8. The van der Waals surface area contributed by atoms with Crippen LogP contribution in [0.2, 0.25) is 0 Å². The number of benzene rings is 1. The lowest BCUT2D eigenvalue weighted by Crippen LogP contribution is -2.11. The third-order valence-corrected chi connectivity index (χ3v) is 2.75. The van der Waals surface area contributed by atoms with E-state index in [0.717, 1.165) is 17.7 Å². The van der Waals surface area contributed by atoms with Gasteiger partial charge in [0.15, 0.2) is 0 Å². The zero-order valence-electron chi connectivity index (χ0n) is 9.66. The molecule has 0 spiro atoms. The van der Waals surface area contributed by atoms with Crippen molar-refractivity contribution in [1.82, 2.24) is 0 Å². The van der Waals surface area contributed by atoms with E-state index in [2.05, 4.69) is 12.2 Å². The molecule has 86 valence electrons. The Balaban J connectivity index is 2.51. The lowest BCUT2D eigenvalue weighted by atomic mass is 10.1. The van der Waals surface area contributed by atoms with E-state index in [0.29, 0.717) is 17.4 Å². The Morgan fingerprint density at radius 3 is 2.81 bits per heavy atom. The summed E-state index contributed by atoms with van der Waals surface area (Å²) in [6.45, 7) is 2.08. The molecular formula is C12H15NO3. The molecule has 0 bridgehead atoms. The summed E-state index contributed by atoms with van der Waals surface area (Å²) in [5, 5.41) is 3.28. The van der Waals surface area contributed by atoms with Gasteiger partial charge in [-0.2, -0.15) is 0 Å². The van der Waals surface area contributed by atoms with Crippen LogP contribution in [0.4, 0.5) is 5.69 Å². The Morgan fingerprint density at radius 1 is 1.44 bits per heavy atom. The molecule has 1 heterocycles. The number of hydrogen-bond donors (Lipinski definition) is 1. The van der Waals surface area contributed by atoms with Crippen LogP contribution in [-0.4, -0.2) is 26.2 Å². The van der Waals surface area contributed by atoms with Gasteiger partial charge in [0, 0.05) is 6.04 Å². The van der Waals surface area contributed by atoms with Gasteiger partial charge >= 0.3 is 5.97 Å². The van der Waals surface area contributed by atoms with E-state index in [1.807, 2.05) is 6.07 Å². The van der Waals surface area contributed by atoms with Gasteiger partial charge in [-0.15, -0.1) is 0 Å². The molecule has 1 aromatic carbocycles. The molecule has 0 amide bonds. The van der Waals surface area contributed by atoms with Gasteiger partial charge in [-0.3, -0.25) is 0 Å². The van der Waals surface area contributed by atoms with E-state index < -0.39 is 0 Å². The normalized spacial score (nSPS) is 17.6. The summed E-state index contributed by atoms with van der Waals surface area (Å²) >= 11 is 0. The second kappa shape index (κ2) is 4.04. The summed E-state index contributed by atoms with van der Waals surface area (Å²) in [6.07, 6.45) is 0.899. The fourth-order valence-corrected chi connectivity index (χ4v) is 2.02. The van der Waals surface area contributed by atoms with Crippen LogP contribution in [0.25, 0.3) is 0 Å². The van der Waals surface area contributed by atoms with E-state index in [4.69, 9.17) is 9.47 Å². The van der Waals surface area contributed by atoms with Crippen molar-refractivity contribution < 1.29 is 14.3 Å². The van der Waals surface area contributed by atoms with Crippen LogP contribution in [-0.2, 0) is 11.2 Å². The molecule has 0 aliphatic carbocycles. The van der Waals surface area contributed by atoms with E-state index in [-0.39, 0.29) is 5.97 Å². The number of rotatable bonds is 2. The summed E-state index contributed by atoms with van der Waals surface area (Å²) in [7, 11) is 2.97. The largest absolute Gasteiger partial charge is 0.497 e. The molecule has 1 N–H and O–H groups in total. The molecule has 16 heavy (non-hydrogen) atoms. The van der Waals surface area contributed by atoms with E-state index in [9.17, 15) is 4.79 Å². The third-order valence-electron chi connectivity index (χ3n) is 2.75. The summed E-state index contributed by atoms with van der Waals surface area (Å²) in [5.41, 5.74) is 2.52. The highest BCUT2D eigenvalue weighted by atomic mass is 16.5. The predicted octanol–water partition coefficient (Wildman–Crippen LogP) is 1.84. The minimum absolute atomic E-state index is 0.336. The topological polar surface area (TPSA) is 47.6 Å². The van der Waals surface area contributed by atoms with E-state index in [1.54, 1.807) is 13.2 Å². The fraction of sp³-hybridized carbons (Fsp3) is 0.417. The molecular weight excluding hydrogens is 206 g/mol. The second-order valence-corrected chi connectivity index (χ2v) is 3.95. The minimum atomic E-state index is -0.336. The quantitative estimate of drug-likeness (QED) is 0.774. The van der Waals surface area contributed by atoms with Gasteiger partial charge in [0.1, 0.15) is 5.75 Å². The standard InChI is InChI=1S/C12H15NO3/c1-7-4-8-5-9(15-2)6-10(11(8)13-7)12(14)16-3/h5-7,13H,4H2,1-3H3. The predicted molar refractivity (Wildman–Crippen MR) is 61.1 cm³/mol. The zero-order chi connectivity index (χ0) is 11.7. The highest BCUT2D eigenvalue weighted by Gasteiger charge is 2.24. The SMILES string of the molecule is COC(=O)c1cc(OC)cc2c1NC(C)C2. The first-order valence-corrected chi connectivity index (χ1v) is 5.21. The Hall–Kier alpha value is -1.71. The van der Waals surface area contributed by atoms with Gasteiger partial charge < -0.3 is 14.8 Å². The maximum absolute atomic E-state index is 11.6. The fourth-order valence-electron chi connectivity index (χ4n) is 2.02. The first-order valence-electron chi connectivity index (χ1n) is 5.21. The average Bonchev–Trinajstić information content (AvgIpc) is 2.66. The Kier molecular flexibility index (Phi) is 2.73. The number of anilines is 1. The summed E-state index contributed by atoms with van der Waals surface area (Å²) in [4.78, 5) is 11.6. The lowest BCUT2D eigenvalue weighted by Gasteiger charge is -2.10. The summed E-state index contributed by atoms with van der Waals surface area (Å²) in [5.74, 6) is 0.354. The van der Waals surface area contributed by atoms with Crippen molar-refractivity contribution in [3.8, 4) is 5.75 Å². The molecule has 1 unspecified atom stereocenters. The number of esters is 1. The molecule has 0 fully saturated rings. The smallest absolute Gasteiger partial charge is 0.340 e. The number of carbonyl (C=O) groups is 1. The monoisotopic (exact) mass is 221 g/mol. The number of methoxy groups -OCH3 is 2. The Morgan fingerprint density at radius 2 is 2.19 bits per heavy atom. The Bertz CT molecular complexity index is 429. The van der Waals surface area contributed by atoms with Gasteiger partial charge in [-0.25, -0.2) is 4.79 Å². The molecule has 1 aromatic rings. The first-order chi connectivity index (χ1) is 7.65.